The number of amides is 3. The zero-order valence-corrected chi connectivity index (χ0v) is 21.1. The van der Waals surface area contributed by atoms with Gasteiger partial charge in [0.25, 0.3) is 0 Å². The van der Waals surface area contributed by atoms with E-state index < -0.39 is 12.1 Å². The van der Waals surface area contributed by atoms with Crippen molar-refractivity contribution in [3.8, 4) is 0 Å². The summed E-state index contributed by atoms with van der Waals surface area (Å²) in [5, 5.41) is 2.85. The Bertz CT molecular complexity index is 952. The first kappa shape index (κ1) is 25.8. The smallest absolute Gasteiger partial charge is 0.246 e. The second-order valence-electron chi connectivity index (χ2n) is 8.95. The van der Waals surface area contributed by atoms with Crippen LogP contribution in [0.1, 0.15) is 38.3 Å². The highest BCUT2D eigenvalue weighted by molar-refractivity contribution is 7.99. The minimum Gasteiger partial charge on any atom is -0.344 e. The molecular weight excluding hydrogens is 446 g/mol. The molecule has 182 valence electrons. The van der Waals surface area contributed by atoms with Crippen LogP contribution in [0.2, 0.25) is 0 Å². The fourth-order valence-electron chi connectivity index (χ4n) is 4.02. The van der Waals surface area contributed by atoms with Crippen molar-refractivity contribution in [3.05, 3.63) is 71.8 Å². The number of thioether (sulfide) groups is 1. The summed E-state index contributed by atoms with van der Waals surface area (Å²) >= 11 is 1.58. The molecule has 6 nitrogen and oxygen atoms in total. The van der Waals surface area contributed by atoms with Gasteiger partial charge in [0.05, 0.1) is 5.88 Å². The first-order valence-electron chi connectivity index (χ1n) is 11.9. The number of hydrogen-bond acceptors (Lipinski definition) is 4. The van der Waals surface area contributed by atoms with Crippen LogP contribution in [0.5, 0.6) is 0 Å². The average molecular weight is 482 g/mol. The molecule has 1 N–H and O–H groups in total. The molecule has 1 saturated heterocycles. The van der Waals surface area contributed by atoms with Crippen molar-refractivity contribution in [3.63, 3.8) is 0 Å². The van der Waals surface area contributed by atoms with E-state index in [9.17, 15) is 14.4 Å². The Balaban J connectivity index is 1.78. The molecule has 0 saturated carbocycles. The van der Waals surface area contributed by atoms with Gasteiger partial charge in [0.15, 0.2) is 0 Å². The summed E-state index contributed by atoms with van der Waals surface area (Å²) in [5.41, 5.74) is 2.23. The Kier molecular flexibility index (Phi) is 9.57. The molecule has 3 amide bonds. The first-order chi connectivity index (χ1) is 16.4. The van der Waals surface area contributed by atoms with E-state index in [1.807, 2.05) is 67.3 Å². The van der Waals surface area contributed by atoms with Gasteiger partial charge in [0, 0.05) is 25.3 Å². The van der Waals surface area contributed by atoms with Gasteiger partial charge in [0.2, 0.25) is 17.7 Å². The Morgan fingerprint density at radius 2 is 1.65 bits per heavy atom. The normalized spacial score (nSPS) is 16.4. The largest absolute Gasteiger partial charge is 0.344 e. The maximum Gasteiger partial charge on any atom is 0.246 e. The van der Waals surface area contributed by atoms with Crippen molar-refractivity contribution in [2.75, 3.05) is 18.2 Å². The summed E-state index contributed by atoms with van der Waals surface area (Å²) in [6.07, 6.45) is 1.06. The monoisotopic (exact) mass is 481 g/mol. The number of rotatable bonds is 10. The molecule has 34 heavy (non-hydrogen) atoms. The van der Waals surface area contributed by atoms with Crippen LogP contribution < -0.4 is 5.32 Å². The van der Waals surface area contributed by atoms with Crippen LogP contribution in [0, 0.1) is 5.92 Å². The molecule has 2 atom stereocenters. The standard InChI is InChI=1S/C27H35N3O3S/c1-4-24(31)28-25(20(2)3)27(33)30-19-34-18-23(30)26(32)29(17-22-13-9-6-10-14-22)16-15-21-11-7-5-8-12-21/h5-14,20,23,25H,4,15-19H2,1-3H3,(H,28,31)/t23-,25-/m0/s1. The third kappa shape index (κ3) is 6.86. The highest BCUT2D eigenvalue weighted by Gasteiger charge is 2.40. The van der Waals surface area contributed by atoms with Crippen molar-refractivity contribution >= 4 is 29.5 Å². The molecule has 3 rings (SSSR count). The zero-order valence-electron chi connectivity index (χ0n) is 20.3. The summed E-state index contributed by atoms with van der Waals surface area (Å²) < 4.78 is 0. The van der Waals surface area contributed by atoms with E-state index in [4.69, 9.17) is 0 Å². The molecule has 0 aliphatic carbocycles. The zero-order chi connectivity index (χ0) is 24.5. The van der Waals surface area contributed by atoms with Crippen molar-refractivity contribution in [1.29, 1.82) is 0 Å². The summed E-state index contributed by atoms with van der Waals surface area (Å²) in [5.74, 6) is 0.579. The van der Waals surface area contributed by atoms with Gasteiger partial charge in [-0.15, -0.1) is 11.8 Å². The van der Waals surface area contributed by atoms with E-state index in [0.29, 0.717) is 31.1 Å². The van der Waals surface area contributed by atoms with Crippen LogP contribution in [0.4, 0.5) is 0 Å². The first-order valence-corrected chi connectivity index (χ1v) is 13.1. The average Bonchev–Trinajstić information content (AvgIpc) is 3.35. The molecule has 0 bridgehead atoms. The molecular formula is C27H35N3O3S. The van der Waals surface area contributed by atoms with Crippen molar-refractivity contribution < 1.29 is 14.4 Å². The molecule has 1 aliphatic rings. The van der Waals surface area contributed by atoms with E-state index in [0.717, 1.165) is 12.0 Å². The van der Waals surface area contributed by atoms with Gasteiger partial charge in [-0.2, -0.15) is 0 Å². The van der Waals surface area contributed by atoms with Crippen LogP contribution in [0.25, 0.3) is 0 Å². The Morgan fingerprint density at radius 3 is 2.24 bits per heavy atom. The van der Waals surface area contributed by atoms with E-state index >= 15 is 0 Å². The maximum atomic E-state index is 13.8. The van der Waals surface area contributed by atoms with Crippen LogP contribution in [0.3, 0.4) is 0 Å². The van der Waals surface area contributed by atoms with Gasteiger partial charge in [0.1, 0.15) is 12.1 Å². The van der Waals surface area contributed by atoms with E-state index in [-0.39, 0.29) is 23.6 Å². The van der Waals surface area contributed by atoms with E-state index in [2.05, 4.69) is 17.4 Å². The molecule has 2 aromatic carbocycles. The predicted octanol–water partition coefficient (Wildman–Crippen LogP) is 3.71. The predicted molar refractivity (Wildman–Crippen MR) is 137 cm³/mol. The van der Waals surface area contributed by atoms with Gasteiger partial charge < -0.3 is 15.1 Å². The highest BCUT2D eigenvalue weighted by atomic mass is 32.2. The lowest BCUT2D eigenvalue weighted by molar-refractivity contribution is -0.146. The van der Waals surface area contributed by atoms with Crippen LogP contribution in [0.15, 0.2) is 60.7 Å². The van der Waals surface area contributed by atoms with E-state index in [1.54, 1.807) is 23.6 Å². The Hall–Kier alpha value is -2.80. The Morgan fingerprint density at radius 1 is 1.03 bits per heavy atom. The highest BCUT2D eigenvalue weighted by Crippen LogP contribution is 2.25. The topological polar surface area (TPSA) is 69.7 Å². The van der Waals surface area contributed by atoms with Gasteiger partial charge in [-0.25, -0.2) is 0 Å². The summed E-state index contributed by atoms with van der Waals surface area (Å²) in [6.45, 7) is 6.67. The van der Waals surface area contributed by atoms with Crippen LogP contribution >= 0.6 is 11.8 Å². The third-order valence-corrected chi connectivity index (χ3v) is 7.07. The molecule has 0 aromatic heterocycles. The maximum absolute atomic E-state index is 13.8. The minimum absolute atomic E-state index is 0.0394. The second-order valence-corrected chi connectivity index (χ2v) is 9.95. The number of nitrogens with zero attached hydrogens (tertiary/aromatic N) is 2. The number of hydrogen-bond donors (Lipinski definition) is 1. The fourth-order valence-corrected chi connectivity index (χ4v) is 5.18. The SMILES string of the molecule is CCC(=O)N[C@H](C(=O)N1CSC[C@H]1C(=O)N(CCc1ccccc1)Cc1ccccc1)C(C)C. The molecule has 1 heterocycles. The molecule has 0 unspecified atom stereocenters. The Labute approximate surface area is 207 Å². The summed E-state index contributed by atoms with van der Waals surface area (Å²) in [7, 11) is 0. The second kappa shape index (κ2) is 12.6. The molecule has 2 aromatic rings. The lowest BCUT2D eigenvalue weighted by Crippen LogP contribution is -2.56. The number of carbonyl (C=O) groups excluding carboxylic acids is 3. The van der Waals surface area contributed by atoms with Crippen molar-refractivity contribution in [2.24, 2.45) is 5.92 Å². The number of carbonyl (C=O) groups is 3. The van der Waals surface area contributed by atoms with Crippen molar-refractivity contribution in [1.82, 2.24) is 15.1 Å². The minimum atomic E-state index is -0.631. The van der Waals surface area contributed by atoms with Gasteiger partial charge >= 0.3 is 0 Å². The number of nitrogens with one attached hydrogen (secondary N) is 1. The lowest BCUT2D eigenvalue weighted by Gasteiger charge is -2.33. The van der Waals surface area contributed by atoms with Gasteiger partial charge in [-0.3, -0.25) is 14.4 Å². The van der Waals surface area contributed by atoms with Gasteiger partial charge in [-0.1, -0.05) is 81.4 Å². The molecule has 0 radical (unpaired) electrons. The van der Waals surface area contributed by atoms with Crippen molar-refractivity contribution in [2.45, 2.75) is 52.2 Å². The molecule has 1 fully saturated rings. The summed E-state index contributed by atoms with van der Waals surface area (Å²) in [4.78, 5) is 42.8. The van der Waals surface area contributed by atoms with Crippen LogP contribution in [-0.4, -0.2) is 57.8 Å². The third-order valence-electron chi connectivity index (χ3n) is 6.06. The fraction of sp³-hybridized carbons (Fsp3) is 0.444. The van der Waals surface area contributed by atoms with E-state index in [1.165, 1.54) is 5.56 Å². The van der Waals surface area contributed by atoms with Crippen LogP contribution in [-0.2, 0) is 27.3 Å². The van der Waals surface area contributed by atoms with Gasteiger partial charge in [-0.05, 0) is 23.5 Å². The number of benzene rings is 2. The quantitative estimate of drug-likeness (QED) is 0.562. The molecule has 1 aliphatic heterocycles. The lowest BCUT2D eigenvalue weighted by atomic mass is 10.0. The molecule has 0 spiro atoms. The summed E-state index contributed by atoms with van der Waals surface area (Å²) in [6, 6.07) is 18.9. The molecule has 7 heteroatoms.